The first-order valence-electron chi connectivity index (χ1n) is 6.68. The second kappa shape index (κ2) is 7.37. The van der Waals surface area contributed by atoms with Crippen LogP contribution in [0.25, 0.3) is 11.2 Å². The van der Waals surface area contributed by atoms with E-state index in [0.717, 1.165) is 37.1 Å². The van der Waals surface area contributed by atoms with Crippen molar-refractivity contribution in [1.82, 2.24) is 15.0 Å². The van der Waals surface area contributed by atoms with E-state index in [0.29, 0.717) is 12.1 Å². The largest absolute Gasteiger partial charge is 0.469 e. The van der Waals surface area contributed by atoms with Gasteiger partial charge < -0.3 is 10.1 Å². The van der Waals surface area contributed by atoms with Gasteiger partial charge >= 0.3 is 5.97 Å². The van der Waals surface area contributed by atoms with Gasteiger partial charge in [-0.15, -0.1) is 0 Å². The number of anilines is 1. The molecule has 0 amide bonds. The second-order valence-corrected chi connectivity index (χ2v) is 4.41. The Morgan fingerprint density at radius 2 is 2.05 bits per heavy atom. The lowest BCUT2D eigenvalue weighted by Crippen LogP contribution is -2.04. The van der Waals surface area contributed by atoms with Crippen LogP contribution in [-0.2, 0) is 9.53 Å². The number of unbranched alkanes of at least 4 members (excludes halogenated alkanes) is 2. The van der Waals surface area contributed by atoms with Crippen molar-refractivity contribution in [3.8, 4) is 0 Å². The Labute approximate surface area is 117 Å². The number of carbonyl (C=O) groups is 1. The fourth-order valence-corrected chi connectivity index (χ4v) is 1.84. The molecule has 0 radical (unpaired) electrons. The molecule has 0 saturated carbocycles. The van der Waals surface area contributed by atoms with E-state index in [9.17, 15) is 4.79 Å². The van der Waals surface area contributed by atoms with Crippen molar-refractivity contribution in [1.29, 1.82) is 0 Å². The van der Waals surface area contributed by atoms with Crippen LogP contribution in [-0.4, -0.2) is 34.6 Å². The molecule has 6 heteroatoms. The SMILES string of the molecule is COC(=O)CCCCCNc1ccc2nccnc2n1. The number of carbonyl (C=O) groups excluding carboxylic acids is 1. The van der Waals surface area contributed by atoms with E-state index < -0.39 is 0 Å². The molecule has 106 valence electrons. The molecule has 0 aliphatic carbocycles. The number of ether oxygens (including phenoxy) is 1. The number of methoxy groups -OCH3 is 1. The zero-order chi connectivity index (χ0) is 14.2. The third kappa shape index (κ3) is 4.15. The topological polar surface area (TPSA) is 77.0 Å². The monoisotopic (exact) mass is 274 g/mol. The molecule has 1 N–H and O–H groups in total. The number of hydrogen-bond acceptors (Lipinski definition) is 6. The van der Waals surface area contributed by atoms with Crippen LogP contribution in [0.2, 0.25) is 0 Å². The molecule has 2 rings (SSSR count). The highest BCUT2D eigenvalue weighted by Crippen LogP contribution is 2.10. The van der Waals surface area contributed by atoms with Gasteiger partial charge in [-0.25, -0.2) is 9.97 Å². The summed E-state index contributed by atoms with van der Waals surface area (Å²) in [5.74, 6) is 0.652. The number of pyridine rings is 1. The van der Waals surface area contributed by atoms with Gasteiger partial charge in [-0.2, -0.15) is 0 Å². The van der Waals surface area contributed by atoms with Crippen molar-refractivity contribution in [3.63, 3.8) is 0 Å². The van der Waals surface area contributed by atoms with Crippen molar-refractivity contribution in [2.75, 3.05) is 19.0 Å². The maximum Gasteiger partial charge on any atom is 0.305 e. The number of nitrogens with one attached hydrogen (secondary N) is 1. The minimum absolute atomic E-state index is 0.146. The summed E-state index contributed by atoms with van der Waals surface area (Å²) in [5, 5.41) is 3.24. The zero-order valence-electron chi connectivity index (χ0n) is 11.5. The lowest BCUT2D eigenvalue weighted by atomic mass is 10.2. The first-order chi connectivity index (χ1) is 9.79. The normalized spacial score (nSPS) is 10.4. The molecule has 2 aromatic heterocycles. The molecule has 0 saturated heterocycles. The third-order valence-corrected chi connectivity index (χ3v) is 2.92. The summed E-state index contributed by atoms with van der Waals surface area (Å²) in [7, 11) is 1.41. The fourth-order valence-electron chi connectivity index (χ4n) is 1.84. The van der Waals surface area contributed by atoms with Gasteiger partial charge in [0.1, 0.15) is 11.3 Å². The van der Waals surface area contributed by atoms with Crippen LogP contribution >= 0.6 is 0 Å². The fraction of sp³-hybridized carbons (Fsp3) is 0.429. The highest BCUT2D eigenvalue weighted by atomic mass is 16.5. The smallest absolute Gasteiger partial charge is 0.305 e. The summed E-state index contributed by atoms with van der Waals surface area (Å²) >= 11 is 0. The van der Waals surface area contributed by atoms with Crippen LogP contribution in [0, 0.1) is 0 Å². The number of esters is 1. The first-order valence-corrected chi connectivity index (χ1v) is 6.68. The van der Waals surface area contributed by atoms with Gasteiger partial charge in [0, 0.05) is 25.4 Å². The summed E-state index contributed by atoms with van der Waals surface area (Å²) in [6, 6.07) is 3.79. The Kier molecular flexibility index (Phi) is 5.23. The summed E-state index contributed by atoms with van der Waals surface area (Å²) in [4.78, 5) is 23.6. The van der Waals surface area contributed by atoms with Crippen LogP contribution in [0.15, 0.2) is 24.5 Å². The van der Waals surface area contributed by atoms with Crippen molar-refractivity contribution >= 4 is 23.0 Å². The van der Waals surface area contributed by atoms with E-state index in [1.165, 1.54) is 7.11 Å². The maximum atomic E-state index is 10.9. The second-order valence-electron chi connectivity index (χ2n) is 4.41. The Hall–Kier alpha value is -2.24. The van der Waals surface area contributed by atoms with Crippen LogP contribution in [0.1, 0.15) is 25.7 Å². The van der Waals surface area contributed by atoms with E-state index in [-0.39, 0.29) is 5.97 Å². The van der Waals surface area contributed by atoms with E-state index >= 15 is 0 Å². The van der Waals surface area contributed by atoms with Crippen LogP contribution in [0.3, 0.4) is 0 Å². The third-order valence-electron chi connectivity index (χ3n) is 2.92. The maximum absolute atomic E-state index is 10.9. The van der Waals surface area contributed by atoms with Gasteiger partial charge in [0.05, 0.1) is 7.11 Å². The van der Waals surface area contributed by atoms with Gasteiger partial charge in [0.25, 0.3) is 0 Å². The molecule has 0 bridgehead atoms. The van der Waals surface area contributed by atoms with Crippen LogP contribution < -0.4 is 5.32 Å². The molecule has 0 fully saturated rings. The molecule has 0 spiro atoms. The predicted octanol–water partition coefficient (Wildman–Crippen LogP) is 2.17. The zero-order valence-corrected chi connectivity index (χ0v) is 11.5. The lowest BCUT2D eigenvalue weighted by molar-refractivity contribution is -0.140. The van der Waals surface area contributed by atoms with Crippen LogP contribution in [0.5, 0.6) is 0 Å². The molecule has 0 aliphatic rings. The molecular formula is C14H18N4O2. The molecule has 0 atom stereocenters. The van der Waals surface area contributed by atoms with Gasteiger partial charge in [-0.3, -0.25) is 9.78 Å². The molecule has 20 heavy (non-hydrogen) atoms. The Morgan fingerprint density at radius 3 is 2.90 bits per heavy atom. The standard InChI is InChI=1S/C14H18N4O2/c1-20-13(19)5-3-2-4-8-16-12-7-6-11-14(18-12)17-10-9-15-11/h6-7,9-10H,2-5,8H2,1H3,(H,16,17,18). The quantitative estimate of drug-likeness (QED) is 0.616. The average molecular weight is 274 g/mol. The highest BCUT2D eigenvalue weighted by molar-refractivity contribution is 5.71. The molecular weight excluding hydrogens is 256 g/mol. The predicted molar refractivity (Wildman–Crippen MR) is 76.3 cm³/mol. The Balaban J connectivity index is 1.72. The van der Waals surface area contributed by atoms with Crippen molar-refractivity contribution < 1.29 is 9.53 Å². The van der Waals surface area contributed by atoms with Crippen molar-refractivity contribution in [2.45, 2.75) is 25.7 Å². The summed E-state index contributed by atoms with van der Waals surface area (Å²) in [6.45, 7) is 0.819. The van der Waals surface area contributed by atoms with Gasteiger partial charge in [0.2, 0.25) is 0 Å². The average Bonchev–Trinajstić information content (AvgIpc) is 2.50. The van der Waals surface area contributed by atoms with E-state index in [1.807, 2.05) is 12.1 Å². The minimum atomic E-state index is -0.146. The minimum Gasteiger partial charge on any atom is -0.469 e. The molecule has 2 aromatic rings. The number of rotatable bonds is 7. The molecule has 2 heterocycles. The lowest BCUT2D eigenvalue weighted by Gasteiger charge is -2.05. The van der Waals surface area contributed by atoms with Crippen molar-refractivity contribution in [2.24, 2.45) is 0 Å². The number of hydrogen-bond donors (Lipinski definition) is 1. The summed E-state index contributed by atoms with van der Waals surface area (Å²) in [5.41, 5.74) is 1.43. The summed E-state index contributed by atoms with van der Waals surface area (Å²) < 4.78 is 4.59. The van der Waals surface area contributed by atoms with Crippen LogP contribution in [0.4, 0.5) is 5.82 Å². The van der Waals surface area contributed by atoms with Crippen molar-refractivity contribution in [3.05, 3.63) is 24.5 Å². The molecule has 0 unspecified atom stereocenters. The van der Waals surface area contributed by atoms with Gasteiger partial charge in [-0.1, -0.05) is 6.42 Å². The van der Waals surface area contributed by atoms with E-state index in [1.54, 1.807) is 12.4 Å². The number of fused-ring (bicyclic) bond motifs is 1. The van der Waals surface area contributed by atoms with E-state index in [2.05, 4.69) is 25.0 Å². The highest BCUT2D eigenvalue weighted by Gasteiger charge is 2.01. The van der Waals surface area contributed by atoms with E-state index in [4.69, 9.17) is 0 Å². The van der Waals surface area contributed by atoms with Gasteiger partial charge in [0.15, 0.2) is 5.65 Å². The first kappa shape index (κ1) is 14.2. The molecule has 6 nitrogen and oxygen atoms in total. The molecule has 0 aliphatic heterocycles. The van der Waals surface area contributed by atoms with Gasteiger partial charge in [-0.05, 0) is 25.0 Å². The Morgan fingerprint density at radius 1 is 1.20 bits per heavy atom. The Bertz CT molecular complexity index is 574. The number of nitrogens with zero attached hydrogens (tertiary/aromatic N) is 3. The summed E-state index contributed by atoms with van der Waals surface area (Å²) in [6.07, 6.45) is 6.59. The molecule has 0 aromatic carbocycles. The number of aromatic nitrogens is 3.